The summed E-state index contributed by atoms with van der Waals surface area (Å²) in [6, 6.07) is 16.0. The van der Waals surface area contributed by atoms with Gasteiger partial charge in [0.2, 0.25) is 0 Å². The molecular weight excluding hydrogens is 275 g/mol. The lowest BCUT2D eigenvalue weighted by atomic mass is 10.1. The van der Waals surface area contributed by atoms with Gasteiger partial charge in [-0.05, 0) is 30.2 Å². The maximum Gasteiger partial charge on any atom is 0.146 e. The molecular formula is C19H25FN2. The molecule has 0 radical (unpaired) electrons. The van der Waals surface area contributed by atoms with E-state index in [2.05, 4.69) is 43.1 Å². The minimum absolute atomic E-state index is 0.161. The Morgan fingerprint density at radius 2 is 1.77 bits per heavy atom. The molecule has 0 fully saturated rings. The van der Waals surface area contributed by atoms with Crippen molar-refractivity contribution in [2.45, 2.75) is 39.9 Å². The Balaban J connectivity index is 2.18. The van der Waals surface area contributed by atoms with Gasteiger partial charge in [-0.25, -0.2) is 4.39 Å². The van der Waals surface area contributed by atoms with Crippen LogP contribution in [0.4, 0.5) is 10.1 Å². The van der Waals surface area contributed by atoms with Crippen molar-refractivity contribution in [3.63, 3.8) is 0 Å². The lowest BCUT2D eigenvalue weighted by molar-refractivity contribution is 0.585. The first-order chi connectivity index (χ1) is 10.6. The van der Waals surface area contributed by atoms with E-state index in [-0.39, 0.29) is 5.82 Å². The number of hydrogen-bond acceptors (Lipinski definition) is 2. The zero-order valence-electron chi connectivity index (χ0n) is 13.6. The highest BCUT2D eigenvalue weighted by molar-refractivity contribution is 5.50. The molecule has 0 amide bonds. The fourth-order valence-corrected chi connectivity index (χ4v) is 2.40. The maximum atomic E-state index is 14.2. The predicted octanol–water partition coefficient (Wildman–Crippen LogP) is 4.35. The molecule has 0 aliphatic carbocycles. The molecule has 0 aromatic heterocycles. The quantitative estimate of drug-likeness (QED) is 0.818. The van der Waals surface area contributed by atoms with E-state index in [0.29, 0.717) is 11.7 Å². The van der Waals surface area contributed by atoms with Gasteiger partial charge in [0.1, 0.15) is 5.82 Å². The molecule has 0 atom stereocenters. The summed E-state index contributed by atoms with van der Waals surface area (Å²) >= 11 is 0. The lowest BCUT2D eigenvalue weighted by Crippen LogP contribution is -2.24. The highest BCUT2D eigenvalue weighted by atomic mass is 19.1. The summed E-state index contributed by atoms with van der Waals surface area (Å²) in [5.74, 6) is -0.161. The average molecular weight is 300 g/mol. The third-order valence-corrected chi connectivity index (χ3v) is 3.66. The molecule has 0 spiro atoms. The van der Waals surface area contributed by atoms with Crippen LogP contribution in [0.1, 0.15) is 31.9 Å². The Labute approximate surface area is 133 Å². The second-order valence-corrected chi connectivity index (χ2v) is 5.82. The first-order valence-corrected chi connectivity index (χ1v) is 7.90. The van der Waals surface area contributed by atoms with Crippen molar-refractivity contribution < 1.29 is 4.39 Å². The molecule has 3 heteroatoms. The second-order valence-electron chi connectivity index (χ2n) is 5.82. The molecule has 2 aromatic rings. The van der Waals surface area contributed by atoms with Crippen molar-refractivity contribution in [2.75, 3.05) is 11.4 Å². The minimum atomic E-state index is -0.161. The van der Waals surface area contributed by atoms with Gasteiger partial charge < -0.3 is 10.2 Å². The van der Waals surface area contributed by atoms with Crippen LogP contribution in [-0.4, -0.2) is 12.6 Å². The summed E-state index contributed by atoms with van der Waals surface area (Å²) in [5.41, 5.74) is 2.97. The molecule has 0 aliphatic heterocycles. The van der Waals surface area contributed by atoms with Crippen LogP contribution in [0, 0.1) is 5.82 Å². The molecule has 0 unspecified atom stereocenters. The lowest BCUT2D eigenvalue weighted by Gasteiger charge is -2.24. The van der Waals surface area contributed by atoms with Crippen molar-refractivity contribution in [3.8, 4) is 0 Å². The molecule has 0 heterocycles. The van der Waals surface area contributed by atoms with Crippen molar-refractivity contribution >= 4 is 5.69 Å². The van der Waals surface area contributed by atoms with Crippen molar-refractivity contribution in [2.24, 2.45) is 0 Å². The van der Waals surface area contributed by atoms with Crippen LogP contribution in [0.2, 0.25) is 0 Å². The van der Waals surface area contributed by atoms with Crippen LogP contribution in [0.5, 0.6) is 0 Å². The molecule has 118 valence electrons. The Morgan fingerprint density at radius 3 is 2.41 bits per heavy atom. The van der Waals surface area contributed by atoms with Gasteiger partial charge in [-0.15, -0.1) is 0 Å². The van der Waals surface area contributed by atoms with Crippen LogP contribution in [-0.2, 0) is 13.1 Å². The number of halogens is 1. The van der Waals surface area contributed by atoms with Crippen LogP contribution in [0.3, 0.4) is 0 Å². The minimum Gasteiger partial charge on any atom is -0.365 e. The summed E-state index contributed by atoms with van der Waals surface area (Å²) in [5, 5.41) is 3.37. The maximum absolute atomic E-state index is 14.2. The number of benzene rings is 2. The van der Waals surface area contributed by atoms with E-state index in [9.17, 15) is 4.39 Å². The first-order valence-electron chi connectivity index (χ1n) is 7.90. The van der Waals surface area contributed by atoms with Gasteiger partial charge in [-0.3, -0.25) is 0 Å². The highest BCUT2D eigenvalue weighted by Crippen LogP contribution is 2.23. The van der Waals surface area contributed by atoms with E-state index in [4.69, 9.17) is 0 Å². The highest BCUT2D eigenvalue weighted by Gasteiger charge is 2.11. The van der Waals surface area contributed by atoms with Crippen LogP contribution < -0.4 is 10.2 Å². The van der Waals surface area contributed by atoms with Gasteiger partial charge in [-0.1, -0.05) is 50.2 Å². The molecule has 2 rings (SSSR count). The molecule has 0 aliphatic rings. The summed E-state index contributed by atoms with van der Waals surface area (Å²) in [6.45, 7) is 8.52. The average Bonchev–Trinajstić information content (AvgIpc) is 2.53. The van der Waals surface area contributed by atoms with E-state index in [1.54, 1.807) is 6.07 Å². The fourth-order valence-electron chi connectivity index (χ4n) is 2.40. The van der Waals surface area contributed by atoms with Crippen molar-refractivity contribution in [1.82, 2.24) is 5.32 Å². The van der Waals surface area contributed by atoms with Gasteiger partial charge in [0.05, 0.1) is 5.69 Å². The summed E-state index contributed by atoms with van der Waals surface area (Å²) in [7, 11) is 0. The van der Waals surface area contributed by atoms with Crippen LogP contribution in [0.15, 0.2) is 48.5 Å². The van der Waals surface area contributed by atoms with Crippen molar-refractivity contribution in [1.29, 1.82) is 0 Å². The van der Waals surface area contributed by atoms with Gasteiger partial charge in [-0.2, -0.15) is 0 Å². The monoisotopic (exact) mass is 300 g/mol. The second kappa shape index (κ2) is 7.95. The number of rotatable bonds is 7. The van der Waals surface area contributed by atoms with Crippen LogP contribution >= 0.6 is 0 Å². The molecule has 0 saturated heterocycles. The number of nitrogens with one attached hydrogen (secondary N) is 1. The molecule has 2 nitrogen and oxygen atoms in total. The largest absolute Gasteiger partial charge is 0.365 e. The number of nitrogens with zero attached hydrogens (tertiary/aromatic N) is 1. The van der Waals surface area contributed by atoms with Gasteiger partial charge in [0, 0.05) is 25.7 Å². The normalized spacial score (nSPS) is 11.0. The third kappa shape index (κ3) is 4.57. The fraction of sp³-hybridized carbons (Fsp3) is 0.368. The smallest absolute Gasteiger partial charge is 0.146 e. The SMILES string of the molecule is CCN(Cc1ccccc1)c1cc(CNC(C)C)ccc1F. The van der Waals surface area contributed by atoms with E-state index in [1.807, 2.05) is 30.3 Å². The standard InChI is InChI=1S/C19H25FN2/c1-4-22(14-16-8-6-5-7-9-16)19-12-17(10-11-18(19)20)13-21-15(2)3/h5-12,15,21H,4,13-14H2,1-3H3. The Morgan fingerprint density at radius 1 is 1.05 bits per heavy atom. The zero-order chi connectivity index (χ0) is 15.9. The van der Waals surface area contributed by atoms with Gasteiger partial charge in [0.25, 0.3) is 0 Å². The van der Waals surface area contributed by atoms with Crippen LogP contribution in [0.25, 0.3) is 0 Å². The van der Waals surface area contributed by atoms with Crippen molar-refractivity contribution in [3.05, 3.63) is 65.5 Å². The van der Waals surface area contributed by atoms with E-state index >= 15 is 0 Å². The third-order valence-electron chi connectivity index (χ3n) is 3.66. The molecule has 1 N–H and O–H groups in total. The molecule has 0 saturated carbocycles. The molecule has 2 aromatic carbocycles. The Kier molecular flexibility index (Phi) is 5.96. The van der Waals surface area contributed by atoms with Gasteiger partial charge in [0.15, 0.2) is 0 Å². The molecule has 0 bridgehead atoms. The van der Waals surface area contributed by atoms with E-state index < -0.39 is 0 Å². The predicted molar refractivity (Wildman–Crippen MR) is 91.5 cm³/mol. The molecule has 22 heavy (non-hydrogen) atoms. The first kappa shape index (κ1) is 16.5. The summed E-state index contributed by atoms with van der Waals surface area (Å²) < 4.78 is 14.2. The summed E-state index contributed by atoms with van der Waals surface area (Å²) in [4.78, 5) is 2.07. The van der Waals surface area contributed by atoms with E-state index in [1.165, 1.54) is 5.56 Å². The Bertz CT molecular complexity index is 581. The Hall–Kier alpha value is -1.87. The number of hydrogen-bond donors (Lipinski definition) is 1. The summed E-state index contributed by atoms with van der Waals surface area (Å²) in [6.07, 6.45) is 0. The topological polar surface area (TPSA) is 15.3 Å². The number of anilines is 1. The van der Waals surface area contributed by atoms with E-state index in [0.717, 1.165) is 25.2 Å². The zero-order valence-corrected chi connectivity index (χ0v) is 13.6. The van der Waals surface area contributed by atoms with Gasteiger partial charge >= 0.3 is 0 Å².